The number of benzene rings is 1. The van der Waals surface area contributed by atoms with Gasteiger partial charge in [0.25, 0.3) is 0 Å². The van der Waals surface area contributed by atoms with E-state index >= 15 is 0 Å². The second-order valence-electron chi connectivity index (χ2n) is 3.44. The summed E-state index contributed by atoms with van der Waals surface area (Å²) in [7, 11) is 1.50. The molecule has 92 valence electrons. The van der Waals surface area contributed by atoms with E-state index in [1.165, 1.54) is 19.2 Å². The van der Waals surface area contributed by atoms with Crippen LogP contribution < -0.4 is 9.47 Å². The van der Waals surface area contributed by atoms with Crippen molar-refractivity contribution < 1.29 is 19.4 Å². The van der Waals surface area contributed by atoms with E-state index in [1.54, 1.807) is 30.5 Å². The monoisotopic (exact) mass is 245 g/mol. The van der Waals surface area contributed by atoms with Gasteiger partial charge in [-0.25, -0.2) is 9.78 Å². The van der Waals surface area contributed by atoms with Gasteiger partial charge < -0.3 is 14.6 Å². The van der Waals surface area contributed by atoms with Crippen LogP contribution in [0.5, 0.6) is 17.4 Å². The molecule has 0 fully saturated rings. The second-order valence-corrected chi connectivity index (χ2v) is 3.44. The Bertz CT molecular complexity index is 554. The van der Waals surface area contributed by atoms with Crippen LogP contribution in [0, 0.1) is 0 Å². The first-order chi connectivity index (χ1) is 8.70. The quantitative estimate of drug-likeness (QED) is 0.896. The van der Waals surface area contributed by atoms with Gasteiger partial charge in [-0.05, 0) is 18.2 Å². The minimum absolute atomic E-state index is 0.0569. The van der Waals surface area contributed by atoms with E-state index in [4.69, 9.17) is 14.6 Å². The third-order valence-electron chi connectivity index (χ3n) is 2.27. The summed E-state index contributed by atoms with van der Waals surface area (Å²) in [4.78, 5) is 15.0. The fraction of sp³-hybridized carbons (Fsp3) is 0.0769. The topological polar surface area (TPSA) is 68.7 Å². The molecule has 0 saturated carbocycles. The predicted octanol–water partition coefficient (Wildman–Crippen LogP) is 2.58. The lowest BCUT2D eigenvalue weighted by Crippen LogP contribution is -2.01. The van der Waals surface area contributed by atoms with E-state index in [0.29, 0.717) is 11.6 Å². The molecule has 0 aliphatic heterocycles. The fourth-order valence-corrected chi connectivity index (χ4v) is 1.41. The minimum atomic E-state index is -1.07. The van der Waals surface area contributed by atoms with E-state index < -0.39 is 5.97 Å². The summed E-state index contributed by atoms with van der Waals surface area (Å²) in [5.74, 6) is -0.0247. The van der Waals surface area contributed by atoms with Crippen molar-refractivity contribution in [2.45, 2.75) is 0 Å². The maximum Gasteiger partial charge on any atom is 0.339 e. The zero-order valence-corrected chi connectivity index (χ0v) is 9.66. The van der Waals surface area contributed by atoms with Crippen LogP contribution in [0.4, 0.5) is 0 Å². The summed E-state index contributed by atoms with van der Waals surface area (Å²) in [6, 6.07) is 9.65. The molecule has 1 aromatic carbocycles. The Morgan fingerprint density at radius 3 is 2.72 bits per heavy atom. The third-order valence-corrected chi connectivity index (χ3v) is 2.27. The highest BCUT2D eigenvalue weighted by Crippen LogP contribution is 2.28. The SMILES string of the molecule is COc1ccc(C(=O)O)c(Oc2ccccn2)c1. The van der Waals surface area contributed by atoms with Gasteiger partial charge in [0.1, 0.15) is 17.1 Å². The summed E-state index contributed by atoms with van der Waals surface area (Å²) in [6.07, 6.45) is 1.57. The Balaban J connectivity index is 2.38. The van der Waals surface area contributed by atoms with Gasteiger partial charge in [-0.1, -0.05) is 6.07 Å². The average molecular weight is 245 g/mol. The highest BCUT2D eigenvalue weighted by molar-refractivity contribution is 5.91. The van der Waals surface area contributed by atoms with Crippen molar-refractivity contribution in [3.05, 3.63) is 48.2 Å². The van der Waals surface area contributed by atoms with E-state index in [1.807, 2.05) is 0 Å². The fourth-order valence-electron chi connectivity index (χ4n) is 1.41. The molecule has 0 aliphatic rings. The van der Waals surface area contributed by atoms with Gasteiger partial charge >= 0.3 is 5.97 Å². The number of ether oxygens (including phenoxy) is 2. The lowest BCUT2D eigenvalue weighted by Gasteiger charge is -2.09. The molecule has 0 atom stereocenters. The number of aromatic carboxylic acids is 1. The van der Waals surface area contributed by atoms with E-state index in [9.17, 15) is 4.79 Å². The molecule has 1 aromatic heterocycles. The molecule has 18 heavy (non-hydrogen) atoms. The van der Waals surface area contributed by atoms with Gasteiger partial charge in [-0.3, -0.25) is 0 Å². The minimum Gasteiger partial charge on any atom is -0.497 e. The van der Waals surface area contributed by atoms with Crippen molar-refractivity contribution in [3.63, 3.8) is 0 Å². The Hall–Kier alpha value is -2.56. The molecule has 0 unspecified atom stereocenters. The molecule has 0 aliphatic carbocycles. The smallest absolute Gasteiger partial charge is 0.339 e. The maximum absolute atomic E-state index is 11.1. The number of hydrogen-bond donors (Lipinski definition) is 1. The standard InChI is InChI=1S/C13H11NO4/c1-17-9-5-6-10(13(15)16)11(8-9)18-12-4-2-3-7-14-12/h2-8H,1H3,(H,15,16). The Kier molecular flexibility index (Phi) is 3.43. The summed E-state index contributed by atoms with van der Waals surface area (Å²) in [6.45, 7) is 0. The van der Waals surface area contributed by atoms with Gasteiger partial charge in [-0.15, -0.1) is 0 Å². The summed E-state index contributed by atoms with van der Waals surface area (Å²) in [5.41, 5.74) is 0.0569. The van der Waals surface area contributed by atoms with Gasteiger partial charge in [0.2, 0.25) is 5.88 Å². The second kappa shape index (κ2) is 5.18. The van der Waals surface area contributed by atoms with Gasteiger partial charge in [0.15, 0.2) is 0 Å². The number of methoxy groups -OCH3 is 1. The molecular weight excluding hydrogens is 234 g/mol. The number of carbonyl (C=O) groups is 1. The van der Waals surface area contributed by atoms with Crippen molar-refractivity contribution in [2.24, 2.45) is 0 Å². The molecule has 1 heterocycles. The Labute approximate surface area is 104 Å². The van der Waals surface area contributed by atoms with Crippen LogP contribution in [0.3, 0.4) is 0 Å². The number of nitrogens with zero attached hydrogens (tertiary/aromatic N) is 1. The van der Waals surface area contributed by atoms with Crippen LogP contribution in [0.2, 0.25) is 0 Å². The summed E-state index contributed by atoms with van der Waals surface area (Å²) in [5, 5.41) is 9.07. The molecule has 2 aromatic rings. The number of carboxylic acid groups (broad SMARTS) is 1. The van der Waals surface area contributed by atoms with Crippen molar-refractivity contribution in [1.29, 1.82) is 0 Å². The highest BCUT2D eigenvalue weighted by atomic mass is 16.5. The first-order valence-corrected chi connectivity index (χ1v) is 5.21. The van der Waals surface area contributed by atoms with Gasteiger partial charge in [-0.2, -0.15) is 0 Å². The largest absolute Gasteiger partial charge is 0.497 e. The molecular formula is C13H11NO4. The zero-order valence-electron chi connectivity index (χ0n) is 9.66. The van der Waals surface area contributed by atoms with E-state index in [0.717, 1.165) is 0 Å². The molecule has 0 amide bonds. The molecule has 0 radical (unpaired) electrons. The molecule has 0 bridgehead atoms. The first kappa shape index (κ1) is 11.9. The van der Waals surface area contributed by atoms with Crippen molar-refractivity contribution >= 4 is 5.97 Å². The number of aromatic nitrogens is 1. The average Bonchev–Trinajstić information content (AvgIpc) is 2.39. The van der Waals surface area contributed by atoms with Crippen LogP contribution in [0.25, 0.3) is 0 Å². The van der Waals surface area contributed by atoms with Crippen LogP contribution in [0.15, 0.2) is 42.6 Å². The van der Waals surface area contributed by atoms with Crippen molar-refractivity contribution in [3.8, 4) is 17.4 Å². The van der Waals surface area contributed by atoms with E-state index in [2.05, 4.69) is 4.98 Å². The number of rotatable bonds is 4. The zero-order chi connectivity index (χ0) is 13.0. The lowest BCUT2D eigenvalue weighted by atomic mass is 10.2. The Morgan fingerprint density at radius 1 is 1.28 bits per heavy atom. The normalized spacial score (nSPS) is 9.83. The van der Waals surface area contributed by atoms with Crippen LogP contribution in [-0.4, -0.2) is 23.2 Å². The molecule has 2 rings (SSSR count). The van der Waals surface area contributed by atoms with Crippen LogP contribution in [0.1, 0.15) is 10.4 Å². The third kappa shape index (κ3) is 2.57. The maximum atomic E-state index is 11.1. The molecule has 5 nitrogen and oxygen atoms in total. The lowest BCUT2D eigenvalue weighted by molar-refractivity contribution is 0.0694. The first-order valence-electron chi connectivity index (χ1n) is 5.21. The van der Waals surface area contributed by atoms with Gasteiger partial charge in [0.05, 0.1) is 7.11 Å². The van der Waals surface area contributed by atoms with Crippen molar-refractivity contribution in [2.75, 3.05) is 7.11 Å². The highest BCUT2D eigenvalue weighted by Gasteiger charge is 2.13. The number of pyridine rings is 1. The molecule has 1 N–H and O–H groups in total. The molecule has 0 saturated heterocycles. The predicted molar refractivity (Wildman–Crippen MR) is 64.3 cm³/mol. The summed E-state index contributed by atoms with van der Waals surface area (Å²) >= 11 is 0. The number of hydrogen-bond acceptors (Lipinski definition) is 4. The summed E-state index contributed by atoms with van der Waals surface area (Å²) < 4.78 is 10.5. The molecule has 5 heteroatoms. The van der Waals surface area contributed by atoms with Gasteiger partial charge in [0, 0.05) is 18.3 Å². The number of carboxylic acids is 1. The Morgan fingerprint density at radius 2 is 2.11 bits per heavy atom. The van der Waals surface area contributed by atoms with Crippen LogP contribution in [-0.2, 0) is 0 Å². The van der Waals surface area contributed by atoms with Crippen molar-refractivity contribution in [1.82, 2.24) is 4.98 Å². The van der Waals surface area contributed by atoms with E-state index in [-0.39, 0.29) is 11.3 Å². The van der Waals surface area contributed by atoms with Crippen LogP contribution >= 0.6 is 0 Å². The molecule has 0 spiro atoms.